The van der Waals surface area contributed by atoms with Gasteiger partial charge in [0.1, 0.15) is 5.75 Å². The first-order chi connectivity index (χ1) is 10.7. The van der Waals surface area contributed by atoms with Gasteiger partial charge in [0.2, 0.25) is 0 Å². The Morgan fingerprint density at radius 1 is 1.26 bits per heavy atom. The molecule has 0 aliphatic heterocycles. The zero-order chi connectivity index (χ0) is 15.5. The van der Waals surface area contributed by atoms with Gasteiger partial charge in [0.05, 0.1) is 18.7 Å². The maximum atomic E-state index is 12.6. The SMILES string of the molecule is COc1ccccc1C(=O)NC1CCCc2cc(N)ccc21.Cl. The van der Waals surface area contributed by atoms with E-state index in [2.05, 4.69) is 5.32 Å². The predicted molar refractivity (Wildman–Crippen MR) is 94.2 cm³/mol. The molecule has 3 N–H and O–H groups in total. The Morgan fingerprint density at radius 2 is 2.04 bits per heavy atom. The molecule has 1 aliphatic rings. The van der Waals surface area contributed by atoms with E-state index >= 15 is 0 Å². The van der Waals surface area contributed by atoms with E-state index in [1.807, 2.05) is 30.3 Å². The Labute approximate surface area is 142 Å². The zero-order valence-corrected chi connectivity index (χ0v) is 13.9. The van der Waals surface area contributed by atoms with Crippen molar-refractivity contribution in [1.82, 2.24) is 5.32 Å². The van der Waals surface area contributed by atoms with E-state index in [-0.39, 0.29) is 24.4 Å². The molecule has 1 aliphatic carbocycles. The molecular formula is C18H21ClN2O2. The molecule has 1 unspecified atom stereocenters. The van der Waals surface area contributed by atoms with Crippen molar-refractivity contribution in [3.05, 3.63) is 59.2 Å². The fourth-order valence-electron chi connectivity index (χ4n) is 3.05. The van der Waals surface area contributed by atoms with Crippen LogP contribution in [0, 0.1) is 0 Å². The first-order valence-electron chi connectivity index (χ1n) is 7.51. The lowest BCUT2D eigenvalue weighted by atomic mass is 9.87. The van der Waals surface area contributed by atoms with Crippen molar-refractivity contribution < 1.29 is 9.53 Å². The number of nitrogens with one attached hydrogen (secondary N) is 1. The Bertz CT molecular complexity index is 703. The lowest BCUT2D eigenvalue weighted by Gasteiger charge is -2.27. The number of hydrogen-bond acceptors (Lipinski definition) is 3. The van der Waals surface area contributed by atoms with E-state index in [4.69, 9.17) is 10.5 Å². The summed E-state index contributed by atoms with van der Waals surface area (Å²) < 4.78 is 5.26. The quantitative estimate of drug-likeness (QED) is 0.845. The first-order valence-corrected chi connectivity index (χ1v) is 7.51. The molecule has 0 spiro atoms. The minimum absolute atomic E-state index is 0. The normalized spacial score (nSPS) is 16.0. The third-order valence-corrected chi connectivity index (χ3v) is 4.14. The van der Waals surface area contributed by atoms with Gasteiger partial charge in [-0.05, 0) is 54.7 Å². The zero-order valence-electron chi connectivity index (χ0n) is 13.0. The third-order valence-electron chi connectivity index (χ3n) is 4.14. The molecular weight excluding hydrogens is 312 g/mol. The summed E-state index contributed by atoms with van der Waals surface area (Å²) in [6.45, 7) is 0. The molecule has 0 bridgehead atoms. The molecule has 2 aromatic carbocycles. The number of halogens is 1. The third kappa shape index (κ3) is 3.59. The summed E-state index contributed by atoms with van der Waals surface area (Å²) in [5.74, 6) is 0.487. The van der Waals surface area contributed by atoms with Gasteiger partial charge in [-0.15, -0.1) is 12.4 Å². The highest BCUT2D eigenvalue weighted by molar-refractivity contribution is 5.97. The van der Waals surface area contributed by atoms with Crippen molar-refractivity contribution in [2.24, 2.45) is 0 Å². The van der Waals surface area contributed by atoms with Gasteiger partial charge in [-0.1, -0.05) is 18.2 Å². The Kier molecular flexibility index (Phi) is 5.50. The molecule has 3 rings (SSSR count). The highest BCUT2D eigenvalue weighted by Crippen LogP contribution is 2.31. The van der Waals surface area contributed by atoms with Crippen molar-refractivity contribution in [1.29, 1.82) is 0 Å². The number of methoxy groups -OCH3 is 1. The smallest absolute Gasteiger partial charge is 0.255 e. The molecule has 122 valence electrons. The van der Waals surface area contributed by atoms with E-state index in [1.165, 1.54) is 11.1 Å². The van der Waals surface area contributed by atoms with Crippen molar-refractivity contribution in [2.75, 3.05) is 12.8 Å². The number of ether oxygens (including phenoxy) is 1. The van der Waals surface area contributed by atoms with Gasteiger partial charge in [-0.3, -0.25) is 4.79 Å². The largest absolute Gasteiger partial charge is 0.496 e. The molecule has 0 saturated carbocycles. The number of fused-ring (bicyclic) bond motifs is 1. The summed E-state index contributed by atoms with van der Waals surface area (Å²) in [5.41, 5.74) is 9.59. The lowest BCUT2D eigenvalue weighted by molar-refractivity contribution is 0.0929. The van der Waals surface area contributed by atoms with Gasteiger partial charge in [0, 0.05) is 5.69 Å². The van der Waals surface area contributed by atoms with Crippen molar-refractivity contribution in [3.8, 4) is 5.75 Å². The molecule has 0 aromatic heterocycles. The number of anilines is 1. The average molecular weight is 333 g/mol. The molecule has 0 heterocycles. The van der Waals surface area contributed by atoms with E-state index in [1.54, 1.807) is 19.2 Å². The average Bonchev–Trinajstić information content (AvgIpc) is 2.54. The van der Waals surface area contributed by atoms with Crippen LogP contribution >= 0.6 is 12.4 Å². The number of amides is 1. The molecule has 23 heavy (non-hydrogen) atoms. The van der Waals surface area contributed by atoms with Gasteiger partial charge in [0.15, 0.2) is 0 Å². The molecule has 4 nitrogen and oxygen atoms in total. The second kappa shape index (κ2) is 7.38. The Balaban J connectivity index is 0.00000192. The van der Waals surface area contributed by atoms with Crippen LogP contribution in [0.3, 0.4) is 0 Å². The molecule has 0 radical (unpaired) electrons. The molecule has 5 heteroatoms. The minimum atomic E-state index is -0.105. The standard InChI is InChI=1S/C18H20N2O2.ClH/c1-22-17-8-3-2-6-15(17)18(21)20-16-7-4-5-12-11-13(19)9-10-14(12)16;/h2-3,6,8-11,16H,4-5,7,19H2,1H3,(H,20,21);1H. The number of aryl methyl sites for hydroxylation is 1. The van der Waals surface area contributed by atoms with Crippen LogP contribution in [0.1, 0.15) is 40.4 Å². The van der Waals surface area contributed by atoms with Crippen LogP contribution in [0.4, 0.5) is 5.69 Å². The minimum Gasteiger partial charge on any atom is -0.496 e. The van der Waals surface area contributed by atoms with Gasteiger partial charge in [-0.25, -0.2) is 0 Å². The highest BCUT2D eigenvalue weighted by Gasteiger charge is 2.23. The number of hydrogen-bond donors (Lipinski definition) is 2. The maximum Gasteiger partial charge on any atom is 0.255 e. The number of rotatable bonds is 3. The number of carbonyl (C=O) groups is 1. The van der Waals surface area contributed by atoms with Crippen molar-refractivity contribution >= 4 is 24.0 Å². The molecule has 0 fully saturated rings. The van der Waals surface area contributed by atoms with Crippen LogP contribution < -0.4 is 15.8 Å². The van der Waals surface area contributed by atoms with Crippen LogP contribution in [0.15, 0.2) is 42.5 Å². The van der Waals surface area contributed by atoms with Gasteiger partial charge in [0.25, 0.3) is 5.91 Å². The summed E-state index contributed by atoms with van der Waals surface area (Å²) in [5, 5.41) is 3.13. The molecule has 1 amide bonds. The van der Waals surface area contributed by atoms with E-state index < -0.39 is 0 Å². The highest BCUT2D eigenvalue weighted by atomic mass is 35.5. The van der Waals surface area contributed by atoms with Gasteiger partial charge in [-0.2, -0.15) is 0 Å². The number of benzene rings is 2. The van der Waals surface area contributed by atoms with E-state index in [0.29, 0.717) is 11.3 Å². The monoisotopic (exact) mass is 332 g/mol. The Morgan fingerprint density at radius 3 is 2.83 bits per heavy atom. The molecule has 0 saturated heterocycles. The summed E-state index contributed by atoms with van der Waals surface area (Å²) in [4.78, 5) is 12.6. The van der Waals surface area contributed by atoms with Gasteiger partial charge < -0.3 is 15.8 Å². The number of nitrogens with two attached hydrogens (primary N) is 1. The fraction of sp³-hybridized carbons (Fsp3) is 0.278. The first kappa shape index (κ1) is 17.2. The van der Waals surface area contributed by atoms with Crippen LogP contribution in [0.25, 0.3) is 0 Å². The second-order valence-electron chi connectivity index (χ2n) is 5.58. The molecule has 1 atom stereocenters. The number of para-hydroxylation sites is 1. The van der Waals surface area contributed by atoms with Crippen LogP contribution in [0.5, 0.6) is 5.75 Å². The Hall–Kier alpha value is -2.20. The van der Waals surface area contributed by atoms with Crippen molar-refractivity contribution in [2.45, 2.75) is 25.3 Å². The predicted octanol–water partition coefficient (Wildman–Crippen LogP) is 3.51. The van der Waals surface area contributed by atoms with Crippen LogP contribution in [-0.4, -0.2) is 13.0 Å². The molecule has 2 aromatic rings. The van der Waals surface area contributed by atoms with Crippen LogP contribution in [-0.2, 0) is 6.42 Å². The summed E-state index contributed by atoms with van der Waals surface area (Å²) >= 11 is 0. The van der Waals surface area contributed by atoms with E-state index in [9.17, 15) is 4.79 Å². The fourth-order valence-corrected chi connectivity index (χ4v) is 3.05. The lowest BCUT2D eigenvalue weighted by Crippen LogP contribution is -2.31. The van der Waals surface area contributed by atoms with Gasteiger partial charge >= 0.3 is 0 Å². The van der Waals surface area contributed by atoms with Crippen LogP contribution in [0.2, 0.25) is 0 Å². The number of nitrogen functional groups attached to an aromatic ring is 1. The van der Waals surface area contributed by atoms with E-state index in [0.717, 1.165) is 24.9 Å². The summed E-state index contributed by atoms with van der Waals surface area (Å²) in [6, 6.07) is 13.2. The second-order valence-corrected chi connectivity index (χ2v) is 5.58. The summed E-state index contributed by atoms with van der Waals surface area (Å²) in [6.07, 6.45) is 3.01. The van der Waals surface area contributed by atoms with Crippen molar-refractivity contribution in [3.63, 3.8) is 0 Å². The topological polar surface area (TPSA) is 64.3 Å². The summed E-state index contributed by atoms with van der Waals surface area (Å²) in [7, 11) is 1.57. The number of carbonyl (C=O) groups excluding carboxylic acids is 1. The maximum absolute atomic E-state index is 12.6.